The summed E-state index contributed by atoms with van der Waals surface area (Å²) in [5, 5.41) is 9.14. The molecule has 0 unspecified atom stereocenters. The van der Waals surface area contributed by atoms with Crippen LogP contribution in [0.1, 0.15) is 34.2 Å². The predicted octanol–water partition coefficient (Wildman–Crippen LogP) is 4.36. The maximum Gasteiger partial charge on any atom is 0.335 e. The van der Waals surface area contributed by atoms with Crippen molar-refractivity contribution in [2.24, 2.45) is 12.0 Å². The van der Waals surface area contributed by atoms with E-state index in [9.17, 15) is 9.18 Å². The lowest BCUT2D eigenvalue weighted by molar-refractivity contribution is 0.0697. The van der Waals surface area contributed by atoms with Gasteiger partial charge in [0.2, 0.25) is 0 Å². The van der Waals surface area contributed by atoms with Crippen LogP contribution >= 0.6 is 0 Å². The minimum atomic E-state index is -0.974. The standard InChI is InChI=1S/C20H20FN3O2/c1-11-7-12(2)19(15(21)8-11)22-13(3)9-18-23-16-6-5-14(20(25)26)10-17(16)24(18)4/h5-8,10H,9H2,1-4H3,(H,25,26). The van der Waals surface area contributed by atoms with Gasteiger partial charge in [-0.15, -0.1) is 0 Å². The number of hydrogen-bond acceptors (Lipinski definition) is 3. The highest BCUT2D eigenvalue weighted by molar-refractivity contribution is 5.93. The third kappa shape index (κ3) is 3.35. The number of carboxylic acid groups (broad SMARTS) is 1. The fourth-order valence-electron chi connectivity index (χ4n) is 3.04. The minimum absolute atomic E-state index is 0.217. The van der Waals surface area contributed by atoms with Crippen LogP contribution in [0.4, 0.5) is 10.1 Å². The van der Waals surface area contributed by atoms with Gasteiger partial charge < -0.3 is 9.67 Å². The summed E-state index contributed by atoms with van der Waals surface area (Å²) in [6.07, 6.45) is 0.445. The first kappa shape index (κ1) is 17.8. The molecular formula is C20H20FN3O2. The van der Waals surface area contributed by atoms with E-state index in [4.69, 9.17) is 5.11 Å². The molecule has 0 radical (unpaired) electrons. The van der Waals surface area contributed by atoms with E-state index in [1.54, 1.807) is 12.1 Å². The molecule has 0 spiro atoms. The predicted molar refractivity (Wildman–Crippen MR) is 100 cm³/mol. The SMILES string of the molecule is CC(Cc1nc2ccc(C(=O)O)cc2n1C)=Nc1c(C)cc(C)cc1F. The number of aliphatic imine (C=N–C) groups is 1. The fraction of sp³-hybridized carbons (Fsp3) is 0.250. The number of aryl methyl sites for hydroxylation is 3. The summed E-state index contributed by atoms with van der Waals surface area (Å²) >= 11 is 0. The molecule has 5 nitrogen and oxygen atoms in total. The van der Waals surface area contributed by atoms with E-state index in [1.165, 1.54) is 12.1 Å². The molecule has 1 N–H and O–H groups in total. The van der Waals surface area contributed by atoms with Gasteiger partial charge in [0.15, 0.2) is 0 Å². The van der Waals surface area contributed by atoms with E-state index in [0.717, 1.165) is 33.7 Å². The number of nitrogens with zero attached hydrogens (tertiary/aromatic N) is 3. The number of aromatic carboxylic acids is 1. The van der Waals surface area contributed by atoms with Crippen molar-refractivity contribution in [3.63, 3.8) is 0 Å². The normalized spacial score (nSPS) is 12.0. The average molecular weight is 353 g/mol. The van der Waals surface area contributed by atoms with Gasteiger partial charge in [-0.25, -0.2) is 14.2 Å². The molecule has 3 aromatic rings. The second-order valence-corrected chi connectivity index (χ2v) is 6.53. The molecule has 0 aliphatic rings. The zero-order valence-electron chi connectivity index (χ0n) is 15.2. The van der Waals surface area contributed by atoms with Crippen molar-refractivity contribution in [2.45, 2.75) is 27.2 Å². The first-order valence-electron chi connectivity index (χ1n) is 8.26. The highest BCUT2D eigenvalue weighted by Crippen LogP contribution is 2.25. The van der Waals surface area contributed by atoms with Crippen LogP contribution in [0, 0.1) is 19.7 Å². The molecule has 0 saturated carbocycles. The molecule has 2 aromatic carbocycles. The molecule has 0 saturated heterocycles. The van der Waals surface area contributed by atoms with Crippen LogP contribution in [0.2, 0.25) is 0 Å². The van der Waals surface area contributed by atoms with Gasteiger partial charge in [-0.2, -0.15) is 0 Å². The third-order valence-electron chi connectivity index (χ3n) is 4.34. The quantitative estimate of drug-likeness (QED) is 0.709. The number of halogens is 1. The van der Waals surface area contributed by atoms with Crippen molar-refractivity contribution in [1.29, 1.82) is 0 Å². The number of rotatable bonds is 4. The monoisotopic (exact) mass is 353 g/mol. The maximum atomic E-state index is 14.2. The van der Waals surface area contributed by atoms with Gasteiger partial charge in [-0.3, -0.25) is 4.99 Å². The van der Waals surface area contributed by atoms with E-state index >= 15 is 0 Å². The molecule has 1 heterocycles. The molecule has 26 heavy (non-hydrogen) atoms. The summed E-state index contributed by atoms with van der Waals surface area (Å²) in [4.78, 5) is 20.1. The number of fused-ring (bicyclic) bond motifs is 1. The van der Waals surface area contributed by atoms with Crippen molar-refractivity contribution in [3.8, 4) is 0 Å². The van der Waals surface area contributed by atoms with Gasteiger partial charge in [0.05, 0.1) is 16.6 Å². The molecule has 0 fully saturated rings. The second-order valence-electron chi connectivity index (χ2n) is 6.53. The van der Waals surface area contributed by atoms with Gasteiger partial charge >= 0.3 is 5.97 Å². The third-order valence-corrected chi connectivity index (χ3v) is 4.34. The van der Waals surface area contributed by atoms with Crippen LogP contribution in [0.5, 0.6) is 0 Å². The number of carbonyl (C=O) groups is 1. The van der Waals surface area contributed by atoms with Gasteiger partial charge in [-0.1, -0.05) is 6.07 Å². The van der Waals surface area contributed by atoms with Crippen LogP contribution < -0.4 is 0 Å². The summed E-state index contributed by atoms with van der Waals surface area (Å²) in [5.74, 6) is -0.565. The van der Waals surface area contributed by atoms with Crippen LogP contribution in [0.15, 0.2) is 35.3 Å². The van der Waals surface area contributed by atoms with E-state index in [1.807, 2.05) is 38.5 Å². The lowest BCUT2D eigenvalue weighted by atomic mass is 10.1. The molecule has 134 valence electrons. The highest BCUT2D eigenvalue weighted by Gasteiger charge is 2.13. The summed E-state index contributed by atoms with van der Waals surface area (Å²) in [6.45, 7) is 5.52. The average Bonchev–Trinajstić information content (AvgIpc) is 2.86. The van der Waals surface area contributed by atoms with Crippen molar-refractivity contribution in [3.05, 3.63) is 58.7 Å². The van der Waals surface area contributed by atoms with Crippen molar-refractivity contribution < 1.29 is 14.3 Å². The fourth-order valence-corrected chi connectivity index (χ4v) is 3.04. The Bertz CT molecular complexity index is 1030. The summed E-state index contributed by atoms with van der Waals surface area (Å²) < 4.78 is 16.0. The molecule has 0 atom stereocenters. The zero-order chi connectivity index (χ0) is 19.0. The lowest BCUT2D eigenvalue weighted by Crippen LogP contribution is -2.05. The Labute approximate surface area is 150 Å². The Hall–Kier alpha value is -3.02. The van der Waals surface area contributed by atoms with Crippen LogP contribution in [0.3, 0.4) is 0 Å². The molecule has 0 aliphatic carbocycles. The van der Waals surface area contributed by atoms with Crippen LogP contribution in [-0.4, -0.2) is 26.3 Å². The number of carboxylic acids is 1. The zero-order valence-corrected chi connectivity index (χ0v) is 15.2. The number of aromatic nitrogens is 2. The Balaban J connectivity index is 1.96. The molecule has 6 heteroatoms. The number of benzene rings is 2. The Morgan fingerprint density at radius 3 is 2.65 bits per heavy atom. The summed E-state index contributed by atoms with van der Waals surface area (Å²) in [5.41, 5.74) is 4.41. The molecule has 3 rings (SSSR count). The Kier molecular flexibility index (Phi) is 4.59. The van der Waals surface area contributed by atoms with Gasteiger partial charge in [0.25, 0.3) is 0 Å². The first-order chi connectivity index (χ1) is 12.3. The smallest absolute Gasteiger partial charge is 0.335 e. The Morgan fingerprint density at radius 1 is 1.27 bits per heavy atom. The molecule has 1 aromatic heterocycles. The van der Waals surface area contributed by atoms with Gasteiger partial charge in [0, 0.05) is 19.2 Å². The molecule has 0 amide bonds. The first-order valence-corrected chi connectivity index (χ1v) is 8.26. The van der Waals surface area contributed by atoms with E-state index in [-0.39, 0.29) is 11.4 Å². The van der Waals surface area contributed by atoms with E-state index < -0.39 is 5.97 Å². The topological polar surface area (TPSA) is 67.5 Å². The van der Waals surface area contributed by atoms with E-state index in [2.05, 4.69) is 9.98 Å². The van der Waals surface area contributed by atoms with Crippen molar-refractivity contribution in [2.75, 3.05) is 0 Å². The van der Waals surface area contributed by atoms with Crippen LogP contribution in [-0.2, 0) is 13.5 Å². The lowest BCUT2D eigenvalue weighted by Gasteiger charge is -2.07. The highest BCUT2D eigenvalue weighted by atomic mass is 19.1. The summed E-state index contributed by atoms with van der Waals surface area (Å²) in [6, 6.07) is 8.20. The minimum Gasteiger partial charge on any atom is -0.478 e. The summed E-state index contributed by atoms with van der Waals surface area (Å²) in [7, 11) is 1.83. The van der Waals surface area contributed by atoms with Gasteiger partial charge in [0.1, 0.15) is 17.3 Å². The molecular weight excluding hydrogens is 333 g/mol. The Morgan fingerprint density at radius 2 is 2.00 bits per heavy atom. The van der Waals surface area contributed by atoms with E-state index in [0.29, 0.717) is 12.1 Å². The van der Waals surface area contributed by atoms with Crippen molar-refractivity contribution in [1.82, 2.24) is 9.55 Å². The molecule has 0 bridgehead atoms. The number of hydrogen-bond donors (Lipinski definition) is 1. The molecule has 0 aliphatic heterocycles. The number of imidazole rings is 1. The maximum absolute atomic E-state index is 14.2. The second kappa shape index (κ2) is 6.71. The van der Waals surface area contributed by atoms with Crippen molar-refractivity contribution >= 4 is 28.4 Å². The van der Waals surface area contributed by atoms with Crippen LogP contribution in [0.25, 0.3) is 11.0 Å². The van der Waals surface area contributed by atoms with Gasteiger partial charge in [-0.05, 0) is 56.2 Å². The largest absolute Gasteiger partial charge is 0.478 e.